The first-order valence-corrected chi connectivity index (χ1v) is 11.2. The number of carbonyl (C=O) groups is 2. The van der Waals surface area contributed by atoms with E-state index in [1.165, 1.54) is 49.5 Å². The van der Waals surface area contributed by atoms with Gasteiger partial charge >= 0.3 is 5.97 Å². The highest BCUT2D eigenvalue weighted by Crippen LogP contribution is 2.34. The number of rotatable bonds is 6. The van der Waals surface area contributed by atoms with Crippen LogP contribution in [-0.4, -0.2) is 39.5 Å². The highest BCUT2D eigenvalue weighted by Gasteiger charge is 2.24. The molecule has 0 aromatic carbocycles. The van der Waals surface area contributed by atoms with Crippen molar-refractivity contribution in [3.63, 3.8) is 0 Å². The van der Waals surface area contributed by atoms with Gasteiger partial charge in [0, 0.05) is 10.9 Å². The van der Waals surface area contributed by atoms with Gasteiger partial charge in [-0.3, -0.25) is 4.79 Å². The molecule has 2 aromatic heterocycles. The maximum Gasteiger partial charge on any atom is 0.341 e. The second-order valence-electron chi connectivity index (χ2n) is 7.01. The van der Waals surface area contributed by atoms with E-state index >= 15 is 0 Å². The Bertz CT molecular complexity index is 869. The average molecular weight is 423 g/mol. The number of hydrogen-bond acceptors (Lipinski definition) is 7. The normalized spacial score (nSPS) is 14.9. The molecule has 152 valence electrons. The van der Waals surface area contributed by atoms with E-state index in [9.17, 15) is 9.59 Å². The Balaban J connectivity index is 1.68. The van der Waals surface area contributed by atoms with Gasteiger partial charge in [-0.2, -0.15) is 0 Å². The second kappa shape index (κ2) is 9.09. The molecule has 1 aliphatic rings. The minimum Gasteiger partial charge on any atom is -0.465 e. The number of methoxy groups -OCH3 is 1. The zero-order valence-corrected chi connectivity index (χ0v) is 18.3. The fraction of sp³-hybridized carbons (Fsp3) is 0.579. The van der Waals surface area contributed by atoms with Crippen LogP contribution in [0.1, 0.15) is 64.8 Å². The lowest BCUT2D eigenvalue weighted by atomic mass is 9.95. The summed E-state index contributed by atoms with van der Waals surface area (Å²) in [5, 5.41) is 12.7. The first-order valence-electron chi connectivity index (χ1n) is 9.44. The summed E-state index contributed by atoms with van der Waals surface area (Å²) < 4.78 is 7.03. The van der Waals surface area contributed by atoms with Crippen LogP contribution in [0.5, 0.6) is 0 Å². The van der Waals surface area contributed by atoms with Crippen molar-refractivity contribution >= 4 is 40.0 Å². The van der Waals surface area contributed by atoms with Crippen molar-refractivity contribution in [2.75, 3.05) is 18.2 Å². The minimum absolute atomic E-state index is 0.174. The van der Waals surface area contributed by atoms with Crippen LogP contribution in [0.3, 0.4) is 0 Å². The highest BCUT2D eigenvalue weighted by atomic mass is 32.2. The molecule has 1 amide bonds. The molecule has 1 fully saturated rings. The summed E-state index contributed by atoms with van der Waals surface area (Å²) in [7, 11) is 1.34. The number of esters is 1. The molecule has 0 aliphatic heterocycles. The number of thiophene rings is 1. The van der Waals surface area contributed by atoms with Crippen molar-refractivity contribution in [3.05, 3.63) is 21.8 Å². The number of aryl methyl sites for hydroxylation is 2. The number of amides is 1. The van der Waals surface area contributed by atoms with Crippen molar-refractivity contribution in [3.8, 4) is 0 Å². The standard InChI is InChI=1S/C19H26N4O3S2/c1-11-12(2)28-17(16(11)18(25)26-4)20-15(24)10-27-19-22-21-13(3)23(19)14-8-6-5-7-9-14/h14H,5-10H2,1-4H3,(H,20,24). The Hall–Kier alpha value is -1.87. The van der Waals surface area contributed by atoms with Crippen molar-refractivity contribution < 1.29 is 14.3 Å². The topological polar surface area (TPSA) is 86.1 Å². The number of ether oxygens (including phenoxy) is 1. The second-order valence-corrected chi connectivity index (χ2v) is 9.17. The summed E-state index contributed by atoms with van der Waals surface area (Å²) in [4.78, 5) is 25.6. The first-order chi connectivity index (χ1) is 13.4. The molecular formula is C19H26N4O3S2. The summed E-state index contributed by atoms with van der Waals surface area (Å²) in [6, 6.07) is 0.419. The Morgan fingerprint density at radius 2 is 1.93 bits per heavy atom. The highest BCUT2D eigenvalue weighted by molar-refractivity contribution is 7.99. The molecule has 3 rings (SSSR count). The van der Waals surface area contributed by atoms with Gasteiger partial charge in [-0.25, -0.2) is 4.79 Å². The van der Waals surface area contributed by atoms with Gasteiger partial charge in [-0.1, -0.05) is 31.0 Å². The maximum absolute atomic E-state index is 12.5. The van der Waals surface area contributed by atoms with Crippen molar-refractivity contribution in [2.45, 2.75) is 64.1 Å². The van der Waals surface area contributed by atoms with Crippen LogP contribution in [0.2, 0.25) is 0 Å². The zero-order chi connectivity index (χ0) is 20.3. The molecule has 2 heterocycles. The van der Waals surface area contributed by atoms with Gasteiger partial charge in [0.1, 0.15) is 10.8 Å². The molecule has 28 heavy (non-hydrogen) atoms. The predicted molar refractivity (Wildman–Crippen MR) is 111 cm³/mol. The van der Waals surface area contributed by atoms with Gasteiger partial charge in [-0.05, 0) is 39.2 Å². The van der Waals surface area contributed by atoms with Gasteiger partial charge in [-0.15, -0.1) is 21.5 Å². The lowest BCUT2D eigenvalue weighted by molar-refractivity contribution is -0.113. The average Bonchev–Trinajstić information content (AvgIpc) is 3.19. The molecule has 1 N–H and O–H groups in total. The largest absolute Gasteiger partial charge is 0.465 e. The van der Waals surface area contributed by atoms with Gasteiger partial charge in [0.2, 0.25) is 5.91 Å². The Labute approximate surface area is 173 Å². The Kier molecular flexibility index (Phi) is 6.77. The predicted octanol–water partition coefficient (Wildman–Crippen LogP) is 4.29. The molecular weight excluding hydrogens is 396 g/mol. The number of nitrogens with one attached hydrogen (secondary N) is 1. The van der Waals surface area contributed by atoms with E-state index in [1.54, 1.807) is 0 Å². The van der Waals surface area contributed by atoms with E-state index in [1.807, 2.05) is 20.8 Å². The van der Waals surface area contributed by atoms with E-state index in [0.29, 0.717) is 16.6 Å². The van der Waals surface area contributed by atoms with Gasteiger partial charge in [0.05, 0.1) is 18.4 Å². The van der Waals surface area contributed by atoms with Crippen molar-refractivity contribution in [1.82, 2.24) is 14.8 Å². The number of nitrogens with zero attached hydrogens (tertiary/aromatic N) is 3. The van der Waals surface area contributed by atoms with Crippen LogP contribution in [-0.2, 0) is 9.53 Å². The number of thioether (sulfide) groups is 1. The summed E-state index contributed by atoms with van der Waals surface area (Å²) in [5.74, 6) is 0.499. The van der Waals surface area contributed by atoms with Gasteiger partial charge < -0.3 is 14.6 Å². The fourth-order valence-corrected chi connectivity index (χ4v) is 5.48. The van der Waals surface area contributed by atoms with Crippen LogP contribution >= 0.6 is 23.1 Å². The third-order valence-electron chi connectivity index (χ3n) is 5.13. The van der Waals surface area contributed by atoms with Crippen LogP contribution in [0.25, 0.3) is 0 Å². The van der Waals surface area contributed by atoms with E-state index in [2.05, 4.69) is 20.1 Å². The van der Waals surface area contributed by atoms with E-state index in [-0.39, 0.29) is 11.7 Å². The SMILES string of the molecule is COC(=O)c1c(NC(=O)CSc2nnc(C)n2C2CCCCC2)sc(C)c1C. The smallest absolute Gasteiger partial charge is 0.341 e. The van der Waals surface area contributed by atoms with Gasteiger partial charge in [0.25, 0.3) is 0 Å². The summed E-state index contributed by atoms with van der Waals surface area (Å²) in [5.41, 5.74) is 1.28. The quantitative estimate of drug-likeness (QED) is 0.552. The summed E-state index contributed by atoms with van der Waals surface area (Å²) >= 11 is 2.78. The molecule has 0 unspecified atom stereocenters. The Morgan fingerprint density at radius 1 is 1.21 bits per heavy atom. The lowest BCUT2D eigenvalue weighted by Gasteiger charge is -2.24. The van der Waals surface area contributed by atoms with Crippen molar-refractivity contribution in [2.24, 2.45) is 0 Å². The molecule has 0 radical (unpaired) electrons. The van der Waals surface area contributed by atoms with E-state index < -0.39 is 5.97 Å². The third-order valence-corrected chi connectivity index (χ3v) is 7.20. The van der Waals surface area contributed by atoms with Gasteiger partial charge in [0.15, 0.2) is 5.16 Å². The number of hydrogen-bond donors (Lipinski definition) is 1. The lowest BCUT2D eigenvalue weighted by Crippen LogP contribution is -2.18. The molecule has 9 heteroatoms. The molecule has 0 bridgehead atoms. The zero-order valence-electron chi connectivity index (χ0n) is 16.7. The Morgan fingerprint density at radius 3 is 2.61 bits per heavy atom. The maximum atomic E-state index is 12.5. The molecule has 0 spiro atoms. The molecule has 2 aromatic rings. The van der Waals surface area contributed by atoms with Crippen LogP contribution in [0.15, 0.2) is 5.16 Å². The van der Waals surface area contributed by atoms with Crippen LogP contribution in [0.4, 0.5) is 5.00 Å². The van der Waals surface area contributed by atoms with E-state index in [4.69, 9.17) is 4.74 Å². The summed E-state index contributed by atoms with van der Waals surface area (Å²) in [6.45, 7) is 5.75. The van der Waals surface area contributed by atoms with Crippen LogP contribution < -0.4 is 5.32 Å². The minimum atomic E-state index is -0.433. The molecule has 1 saturated carbocycles. The molecule has 7 nitrogen and oxygen atoms in total. The monoisotopic (exact) mass is 422 g/mol. The number of carbonyl (C=O) groups excluding carboxylic acids is 2. The molecule has 0 atom stereocenters. The molecule has 1 aliphatic carbocycles. The van der Waals surface area contributed by atoms with E-state index in [0.717, 1.165) is 34.3 Å². The third kappa shape index (κ3) is 4.41. The number of aromatic nitrogens is 3. The van der Waals surface area contributed by atoms with Crippen molar-refractivity contribution in [1.29, 1.82) is 0 Å². The summed E-state index contributed by atoms with van der Waals surface area (Å²) in [6.07, 6.45) is 6.00. The first kappa shape index (κ1) is 20.9. The fourth-order valence-electron chi connectivity index (χ4n) is 3.56. The molecule has 0 saturated heterocycles. The number of anilines is 1. The van der Waals surface area contributed by atoms with Crippen LogP contribution in [0, 0.1) is 20.8 Å².